The van der Waals surface area contributed by atoms with Crippen LogP contribution in [0.2, 0.25) is 0 Å². The molecule has 0 spiro atoms. The Kier molecular flexibility index (Phi) is 4.64. The third-order valence-corrected chi connectivity index (χ3v) is 5.81. The smallest absolute Gasteiger partial charge is 0.243 e. The molecule has 0 radical (unpaired) electrons. The number of anilines is 1. The van der Waals surface area contributed by atoms with E-state index in [-0.39, 0.29) is 29.7 Å². The van der Waals surface area contributed by atoms with Gasteiger partial charge in [-0.05, 0) is 62.1 Å². The first-order valence-electron chi connectivity index (χ1n) is 9.42. The maximum atomic E-state index is 13.8. The highest BCUT2D eigenvalue weighted by Gasteiger charge is 2.34. The number of rotatable bonds is 3. The molecule has 3 atom stereocenters. The van der Waals surface area contributed by atoms with Gasteiger partial charge in [-0.15, -0.1) is 0 Å². The van der Waals surface area contributed by atoms with Crippen LogP contribution in [0.4, 0.5) is 10.1 Å². The highest BCUT2D eigenvalue weighted by molar-refractivity contribution is 5.97. The second-order valence-electron chi connectivity index (χ2n) is 7.59. The average molecular weight is 381 g/mol. The molecule has 0 saturated carbocycles. The number of pyridine rings is 1. The third kappa shape index (κ3) is 3.16. The van der Waals surface area contributed by atoms with E-state index in [9.17, 15) is 9.18 Å². The van der Waals surface area contributed by atoms with Gasteiger partial charge >= 0.3 is 0 Å². The molecule has 4 N–H and O–H groups in total. The lowest BCUT2D eigenvalue weighted by Crippen LogP contribution is -2.41. The van der Waals surface area contributed by atoms with Crippen LogP contribution in [0.5, 0.6) is 0 Å². The van der Waals surface area contributed by atoms with Crippen molar-refractivity contribution in [3.63, 3.8) is 0 Å². The van der Waals surface area contributed by atoms with Gasteiger partial charge in [-0.1, -0.05) is 6.92 Å². The van der Waals surface area contributed by atoms with E-state index in [2.05, 4.69) is 26.1 Å². The van der Waals surface area contributed by atoms with Crippen LogP contribution in [0.1, 0.15) is 25.0 Å². The Bertz CT molecular complexity index is 1060. The fourth-order valence-corrected chi connectivity index (χ4v) is 3.61. The van der Waals surface area contributed by atoms with Gasteiger partial charge in [-0.25, -0.2) is 14.8 Å². The molecule has 0 aliphatic carbocycles. The van der Waals surface area contributed by atoms with Crippen molar-refractivity contribution in [1.29, 1.82) is 0 Å². The van der Waals surface area contributed by atoms with E-state index in [1.165, 1.54) is 6.07 Å². The number of carbonyl (C=O) groups is 1. The van der Waals surface area contributed by atoms with Gasteiger partial charge in [0.2, 0.25) is 5.91 Å². The van der Waals surface area contributed by atoms with Crippen LogP contribution in [0.3, 0.4) is 0 Å². The number of halogens is 1. The Morgan fingerprint density at radius 1 is 1.14 bits per heavy atom. The fourth-order valence-electron chi connectivity index (χ4n) is 3.61. The maximum Gasteiger partial charge on any atom is 0.243 e. The SMILES string of the molecule is Cc1c(F)ccc(-c2cc3cc(NC(=O)C4NNC(C)C4C)cnc3[nH]2)c1C. The molecule has 1 aliphatic heterocycles. The Morgan fingerprint density at radius 3 is 2.64 bits per heavy atom. The second-order valence-corrected chi connectivity index (χ2v) is 7.59. The molecule has 1 amide bonds. The van der Waals surface area contributed by atoms with Gasteiger partial charge in [0, 0.05) is 22.7 Å². The number of hydrogen-bond acceptors (Lipinski definition) is 4. The van der Waals surface area contributed by atoms with Gasteiger partial charge in [-0.2, -0.15) is 0 Å². The maximum absolute atomic E-state index is 13.8. The first-order valence-corrected chi connectivity index (χ1v) is 9.42. The van der Waals surface area contributed by atoms with Crippen LogP contribution in [0.15, 0.2) is 30.5 Å². The zero-order chi connectivity index (χ0) is 20.0. The summed E-state index contributed by atoms with van der Waals surface area (Å²) in [5, 5.41) is 3.82. The predicted octanol–water partition coefficient (Wildman–Crippen LogP) is 3.43. The Labute approximate surface area is 162 Å². The molecule has 3 unspecified atom stereocenters. The summed E-state index contributed by atoms with van der Waals surface area (Å²) in [5.74, 6) is -0.120. The summed E-state index contributed by atoms with van der Waals surface area (Å²) in [6.07, 6.45) is 1.64. The molecule has 3 aromatic rings. The zero-order valence-electron chi connectivity index (χ0n) is 16.4. The molecule has 1 saturated heterocycles. The molecule has 1 aliphatic rings. The molecule has 146 valence electrons. The van der Waals surface area contributed by atoms with E-state index in [0.29, 0.717) is 11.3 Å². The van der Waals surface area contributed by atoms with E-state index < -0.39 is 0 Å². The normalized spacial score (nSPS) is 22.0. The summed E-state index contributed by atoms with van der Waals surface area (Å²) in [4.78, 5) is 20.3. The molecule has 28 heavy (non-hydrogen) atoms. The molecule has 6 nitrogen and oxygen atoms in total. The Balaban J connectivity index is 1.60. The number of carbonyl (C=O) groups excluding carboxylic acids is 1. The number of H-pyrrole nitrogens is 1. The minimum Gasteiger partial charge on any atom is -0.339 e. The lowest BCUT2D eigenvalue weighted by Gasteiger charge is -2.15. The van der Waals surface area contributed by atoms with E-state index in [1.54, 1.807) is 19.2 Å². The van der Waals surface area contributed by atoms with Gasteiger partial charge < -0.3 is 10.3 Å². The summed E-state index contributed by atoms with van der Waals surface area (Å²) in [5.41, 5.74) is 10.8. The average Bonchev–Trinajstić information content (AvgIpc) is 3.23. The second kappa shape index (κ2) is 7.00. The van der Waals surface area contributed by atoms with Crippen molar-refractivity contribution in [2.75, 3.05) is 5.32 Å². The van der Waals surface area contributed by atoms with Crippen LogP contribution >= 0.6 is 0 Å². The monoisotopic (exact) mass is 381 g/mol. The van der Waals surface area contributed by atoms with Crippen molar-refractivity contribution < 1.29 is 9.18 Å². The van der Waals surface area contributed by atoms with Crippen LogP contribution in [0, 0.1) is 25.6 Å². The number of nitrogens with zero attached hydrogens (tertiary/aromatic N) is 1. The largest absolute Gasteiger partial charge is 0.339 e. The Morgan fingerprint density at radius 2 is 1.93 bits per heavy atom. The molecule has 3 heterocycles. The number of amides is 1. The molecule has 1 fully saturated rings. The van der Waals surface area contributed by atoms with Crippen LogP contribution in [0.25, 0.3) is 22.3 Å². The van der Waals surface area contributed by atoms with Crippen LogP contribution in [-0.2, 0) is 4.79 Å². The Hall–Kier alpha value is -2.77. The molecular weight excluding hydrogens is 357 g/mol. The van der Waals surface area contributed by atoms with Crippen molar-refractivity contribution in [1.82, 2.24) is 20.8 Å². The van der Waals surface area contributed by atoms with Gasteiger partial charge in [0.1, 0.15) is 17.5 Å². The summed E-state index contributed by atoms with van der Waals surface area (Å²) in [6, 6.07) is 7.04. The van der Waals surface area contributed by atoms with Crippen molar-refractivity contribution >= 4 is 22.6 Å². The first kappa shape index (κ1) is 18.6. The van der Waals surface area contributed by atoms with Gasteiger partial charge in [0.25, 0.3) is 0 Å². The lowest BCUT2D eigenvalue weighted by molar-refractivity contribution is -0.118. The highest BCUT2D eigenvalue weighted by atomic mass is 19.1. The van der Waals surface area contributed by atoms with Crippen molar-refractivity contribution in [3.8, 4) is 11.3 Å². The lowest BCUT2D eigenvalue weighted by atomic mass is 9.97. The molecule has 2 aromatic heterocycles. The molecule has 7 heteroatoms. The van der Waals surface area contributed by atoms with Crippen LogP contribution < -0.4 is 16.2 Å². The summed E-state index contributed by atoms with van der Waals surface area (Å²) in [6.45, 7) is 7.76. The number of hydrazine groups is 1. The highest BCUT2D eigenvalue weighted by Crippen LogP contribution is 2.29. The molecule has 1 aromatic carbocycles. The summed E-state index contributed by atoms with van der Waals surface area (Å²) < 4.78 is 13.8. The number of fused-ring (bicyclic) bond motifs is 1. The quantitative estimate of drug-likeness (QED) is 0.560. The minimum absolute atomic E-state index is 0.0914. The van der Waals surface area contributed by atoms with Crippen LogP contribution in [-0.4, -0.2) is 28.0 Å². The van der Waals surface area contributed by atoms with Crippen molar-refractivity contribution in [2.45, 2.75) is 39.8 Å². The van der Waals surface area contributed by atoms with E-state index in [1.807, 2.05) is 32.9 Å². The minimum atomic E-state index is -0.294. The van der Waals surface area contributed by atoms with Gasteiger partial charge in [0.05, 0.1) is 11.9 Å². The number of aromatic amines is 1. The standard InChI is InChI=1S/C21H24FN5O/c1-10-11(2)17(22)6-5-16(10)18-8-14-7-15(9-23-20(14)25-18)24-21(28)19-12(3)13(4)26-27-19/h5-9,12-13,19,26-27H,1-4H3,(H,23,25)(H,24,28). The molecular formula is C21H24FN5O. The number of hydrogen-bond donors (Lipinski definition) is 4. The summed E-state index contributed by atoms with van der Waals surface area (Å²) >= 11 is 0. The predicted molar refractivity (Wildman–Crippen MR) is 108 cm³/mol. The number of aromatic nitrogens is 2. The van der Waals surface area contributed by atoms with Crippen molar-refractivity contribution in [2.24, 2.45) is 5.92 Å². The van der Waals surface area contributed by atoms with Gasteiger partial charge in [-0.3, -0.25) is 10.2 Å². The van der Waals surface area contributed by atoms with E-state index in [4.69, 9.17) is 0 Å². The van der Waals surface area contributed by atoms with E-state index >= 15 is 0 Å². The molecule has 4 rings (SSSR count). The van der Waals surface area contributed by atoms with Gasteiger partial charge in [0.15, 0.2) is 0 Å². The van der Waals surface area contributed by atoms with E-state index in [0.717, 1.165) is 27.9 Å². The number of nitrogens with one attached hydrogen (secondary N) is 4. The topological polar surface area (TPSA) is 81.8 Å². The first-order chi connectivity index (χ1) is 13.3. The third-order valence-electron chi connectivity index (χ3n) is 5.81. The summed E-state index contributed by atoms with van der Waals surface area (Å²) in [7, 11) is 0. The van der Waals surface area contributed by atoms with Crippen molar-refractivity contribution in [3.05, 3.63) is 47.4 Å². The zero-order valence-corrected chi connectivity index (χ0v) is 16.4. The number of benzene rings is 1. The molecule has 0 bridgehead atoms. The fraction of sp³-hybridized carbons (Fsp3) is 0.333.